The molecule has 0 radical (unpaired) electrons. The summed E-state index contributed by atoms with van der Waals surface area (Å²) in [6.45, 7) is 3.64. The summed E-state index contributed by atoms with van der Waals surface area (Å²) in [4.78, 5) is 12.6. The molecule has 0 saturated carbocycles. The third kappa shape index (κ3) is 4.58. The Morgan fingerprint density at radius 2 is 1.95 bits per heavy atom. The zero-order chi connectivity index (χ0) is 13.8. The van der Waals surface area contributed by atoms with Crippen molar-refractivity contribution in [2.75, 3.05) is 19.6 Å². The van der Waals surface area contributed by atoms with Crippen LogP contribution in [0.25, 0.3) is 0 Å². The van der Waals surface area contributed by atoms with E-state index in [9.17, 15) is 0 Å². The molecule has 2 aliphatic heterocycles. The number of nitrogens with one attached hydrogen (secondary N) is 1. The fourth-order valence-corrected chi connectivity index (χ4v) is 2.81. The Morgan fingerprint density at radius 1 is 1.24 bits per heavy atom. The van der Waals surface area contributed by atoms with E-state index in [1.807, 2.05) is 24.3 Å². The molecule has 0 bridgehead atoms. The molecule has 0 spiro atoms. The van der Waals surface area contributed by atoms with Crippen LogP contribution in [0.5, 0.6) is 0 Å². The van der Waals surface area contributed by atoms with Crippen molar-refractivity contribution in [1.82, 2.24) is 10.4 Å². The van der Waals surface area contributed by atoms with Gasteiger partial charge in [0, 0.05) is 11.4 Å². The average molecular weight is 330 g/mol. The number of nitrogens with zero attached hydrogens (tertiary/aromatic N) is 2. The van der Waals surface area contributed by atoms with Crippen molar-refractivity contribution in [3.63, 3.8) is 0 Å². The van der Waals surface area contributed by atoms with Crippen LogP contribution in [0.4, 0.5) is 0 Å². The smallest absolute Gasteiger partial charge is 0.211 e. The number of hydrogen-bond acceptors (Lipinski definition) is 4. The SMILES string of the molecule is Cl.Clc1ccc(C2N=C(CCCN3CCCC3)ON2)cc1. The second kappa shape index (κ2) is 7.99. The van der Waals surface area contributed by atoms with Gasteiger partial charge in [0.1, 0.15) is 0 Å². The number of rotatable bonds is 5. The molecule has 1 saturated heterocycles. The Bertz CT molecular complexity index is 472. The summed E-state index contributed by atoms with van der Waals surface area (Å²) in [5.74, 6) is 0.809. The van der Waals surface area contributed by atoms with Crippen molar-refractivity contribution >= 4 is 29.9 Å². The van der Waals surface area contributed by atoms with Crippen LogP contribution in [0, 0.1) is 0 Å². The first kappa shape index (κ1) is 16.6. The zero-order valence-electron chi connectivity index (χ0n) is 11.9. The summed E-state index contributed by atoms with van der Waals surface area (Å²) in [6.07, 6.45) is 4.59. The molecule has 1 aromatic carbocycles. The highest BCUT2D eigenvalue weighted by molar-refractivity contribution is 6.30. The highest BCUT2D eigenvalue weighted by Crippen LogP contribution is 2.22. The molecule has 0 aromatic heterocycles. The second-order valence-corrected chi connectivity index (χ2v) is 5.79. The van der Waals surface area contributed by atoms with Crippen molar-refractivity contribution in [3.05, 3.63) is 34.9 Å². The predicted octanol–water partition coefficient (Wildman–Crippen LogP) is 3.57. The molecule has 0 aliphatic carbocycles. The van der Waals surface area contributed by atoms with Crippen LogP contribution in [-0.2, 0) is 4.84 Å². The first-order valence-electron chi connectivity index (χ1n) is 7.28. The molecule has 0 amide bonds. The summed E-state index contributed by atoms with van der Waals surface area (Å²) >= 11 is 5.89. The maximum atomic E-state index is 5.89. The Hall–Kier alpha value is -0.810. The number of halogens is 2. The first-order valence-corrected chi connectivity index (χ1v) is 7.66. The van der Waals surface area contributed by atoms with Gasteiger partial charge in [-0.2, -0.15) is 0 Å². The summed E-state index contributed by atoms with van der Waals surface area (Å²) in [7, 11) is 0. The largest absolute Gasteiger partial charge is 0.391 e. The van der Waals surface area contributed by atoms with E-state index in [2.05, 4.69) is 15.4 Å². The maximum Gasteiger partial charge on any atom is 0.211 e. The van der Waals surface area contributed by atoms with Gasteiger partial charge in [-0.15, -0.1) is 17.9 Å². The topological polar surface area (TPSA) is 36.9 Å². The Labute approximate surface area is 136 Å². The van der Waals surface area contributed by atoms with Gasteiger partial charge in [0.2, 0.25) is 5.90 Å². The van der Waals surface area contributed by atoms with Gasteiger partial charge in [0.15, 0.2) is 6.17 Å². The van der Waals surface area contributed by atoms with Gasteiger partial charge >= 0.3 is 0 Å². The quantitative estimate of drug-likeness (QED) is 0.897. The first-order chi connectivity index (χ1) is 9.81. The fourth-order valence-electron chi connectivity index (χ4n) is 2.68. The van der Waals surface area contributed by atoms with E-state index in [0.29, 0.717) is 0 Å². The highest BCUT2D eigenvalue weighted by atomic mass is 35.5. The molecule has 1 unspecified atom stereocenters. The number of likely N-dealkylation sites (tertiary alicyclic amines) is 1. The third-order valence-electron chi connectivity index (χ3n) is 3.81. The lowest BCUT2D eigenvalue weighted by atomic mass is 10.2. The van der Waals surface area contributed by atoms with Gasteiger partial charge in [0.25, 0.3) is 0 Å². The normalized spacial score (nSPS) is 21.8. The number of aliphatic imine (C=N–C) groups is 1. The fraction of sp³-hybridized carbons (Fsp3) is 0.533. The molecule has 21 heavy (non-hydrogen) atoms. The van der Waals surface area contributed by atoms with E-state index < -0.39 is 0 Å². The van der Waals surface area contributed by atoms with Gasteiger partial charge in [-0.05, 0) is 56.6 Å². The number of hydrogen-bond donors (Lipinski definition) is 1. The van der Waals surface area contributed by atoms with E-state index in [1.165, 1.54) is 25.9 Å². The highest BCUT2D eigenvalue weighted by Gasteiger charge is 2.20. The van der Waals surface area contributed by atoms with E-state index >= 15 is 0 Å². The van der Waals surface area contributed by atoms with Crippen LogP contribution in [0.3, 0.4) is 0 Å². The van der Waals surface area contributed by atoms with Crippen molar-refractivity contribution in [2.24, 2.45) is 4.99 Å². The zero-order valence-corrected chi connectivity index (χ0v) is 13.5. The van der Waals surface area contributed by atoms with Crippen LogP contribution >= 0.6 is 24.0 Å². The molecule has 4 nitrogen and oxygen atoms in total. The summed E-state index contributed by atoms with van der Waals surface area (Å²) in [5, 5.41) is 0.738. The van der Waals surface area contributed by atoms with Gasteiger partial charge in [-0.1, -0.05) is 23.7 Å². The average Bonchev–Trinajstić information content (AvgIpc) is 3.11. The van der Waals surface area contributed by atoms with Gasteiger partial charge in [-0.25, -0.2) is 4.99 Å². The Kier molecular flexibility index (Phi) is 6.30. The molecule has 1 atom stereocenters. The number of benzene rings is 1. The van der Waals surface area contributed by atoms with E-state index in [1.54, 1.807) is 0 Å². The molecule has 2 heterocycles. The van der Waals surface area contributed by atoms with Crippen molar-refractivity contribution in [2.45, 2.75) is 31.8 Å². The second-order valence-electron chi connectivity index (χ2n) is 5.35. The van der Waals surface area contributed by atoms with E-state index in [0.717, 1.165) is 35.9 Å². The van der Waals surface area contributed by atoms with Gasteiger partial charge < -0.3 is 9.74 Å². The molecular formula is C15H21Cl2N3O. The maximum absolute atomic E-state index is 5.89. The Morgan fingerprint density at radius 3 is 2.67 bits per heavy atom. The monoisotopic (exact) mass is 329 g/mol. The summed E-state index contributed by atoms with van der Waals surface area (Å²) in [6, 6.07) is 7.69. The molecule has 6 heteroatoms. The van der Waals surface area contributed by atoms with Crippen LogP contribution in [0.1, 0.15) is 37.4 Å². The van der Waals surface area contributed by atoms with Gasteiger partial charge in [-0.3, -0.25) is 0 Å². The van der Waals surface area contributed by atoms with Crippen molar-refractivity contribution in [1.29, 1.82) is 0 Å². The van der Waals surface area contributed by atoms with Crippen LogP contribution < -0.4 is 5.48 Å². The van der Waals surface area contributed by atoms with E-state index in [4.69, 9.17) is 16.4 Å². The lowest BCUT2D eigenvalue weighted by Gasteiger charge is -2.13. The van der Waals surface area contributed by atoms with Crippen LogP contribution in [-0.4, -0.2) is 30.4 Å². The van der Waals surface area contributed by atoms with Crippen LogP contribution in [0.2, 0.25) is 5.02 Å². The van der Waals surface area contributed by atoms with Crippen LogP contribution in [0.15, 0.2) is 29.3 Å². The molecule has 1 fully saturated rings. The summed E-state index contributed by atoms with van der Waals surface area (Å²) in [5.41, 5.74) is 4.03. The molecule has 1 aromatic rings. The molecular weight excluding hydrogens is 309 g/mol. The molecule has 3 rings (SSSR count). The third-order valence-corrected chi connectivity index (χ3v) is 4.06. The van der Waals surface area contributed by atoms with Gasteiger partial charge in [0.05, 0.1) is 0 Å². The standard InChI is InChI=1S/C15H20ClN3O.ClH/c16-13-7-5-12(6-8-13)15-17-14(20-18-15)4-3-11-19-9-1-2-10-19;/h5-8,15,18H,1-4,9-11H2;1H. The van der Waals surface area contributed by atoms with E-state index in [-0.39, 0.29) is 18.6 Å². The predicted molar refractivity (Wildman–Crippen MR) is 88.0 cm³/mol. The Balaban J connectivity index is 0.00000161. The minimum absolute atomic E-state index is 0. The summed E-state index contributed by atoms with van der Waals surface area (Å²) < 4.78 is 0. The van der Waals surface area contributed by atoms with Crippen molar-refractivity contribution in [3.8, 4) is 0 Å². The lowest BCUT2D eigenvalue weighted by Crippen LogP contribution is -2.21. The minimum atomic E-state index is -0.103. The van der Waals surface area contributed by atoms with Crippen molar-refractivity contribution < 1.29 is 4.84 Å². The lowest BCUT2D eigenvalue weighted by molar-refractivity contribution is 0.174. The molecule has 116 valence electrons. The minimum Gasteiger partial charge on any atom is -0.391 e. The molecule has 1 N–H and O–H groups in total. The number of hydroxylamine groups is 1. The molecule has 2 aliphatic rings.